The van der Waals surface area contributed by atoms with Crippen LogP contribution in [0.25, 0.3) is 0 Å². The molecule has 0 radical (unpaired) electrons. The number of hydrogen-bond acceptors (Lipinski definition) is 5. The number of morpholine rings is 1. The number of nitrogens with zero attached hydrogens (tertiary/aromatic N) is 3. The fourth-order valence-electron chi connectivity index (χ4n) is 3.17. The third-order valence-electron chi connectivity index (χ3n) is 4.42. The van der Waals surface area contributed by atoms with Crippen LogP contribution >= 0.6 is 0 Å². The summed E-state index contributed by atoms with van der Waals surface area (Å²) >= 11 is 0. The van der Waals surface area contributed by atoms with Crippen molar-refractivity contribution in [2.75, 3.05) is 31.6 Å². The van der Waals surface area contributed by atoms with Crippen LogP contribution in [0.1, 0.15) is 30.6 Å². The molecule has 0 aliphatic carbocycles. The molecular weight excluding hydrogens is 335 g/mol. The maximum atomic E-state index is 13.3. The SMILES string of the molecule is CC(=O)Nc1nccc(CCC(c2ccc(F)cc2)N2CCOCC2)n1. The molecule has 1 saturated heterocycles. The Bertz CT molecular complexity index is 733. The van der Waals surface area contributed by atoms with Gasteiger partial charge in [-0.3, -0.25) is 15.0 Å². The first-order valence-electron chi connectivity index (χ1n) is 8.78. The lowest BCUT2D eigenvalue weighted by atomic mass is 9.98. The van der Waals surface area contributed by atoms with Gasteiger partial charge < -0.3 is 4.74 Å². The van der Waals surface area contributed by atoms with Gasteiger partial charge in [0.15, 0.2) is 0 Å². The van der Waals surface area contributed by atoms with Crippen molar-refractivity contribution < 1.29 is 13.9 Å². The van der Waals surface area contributed by atoms with Crippen molar-refractivity contribution in [3.8, 4) is 0 Å². The number of carbonyl (C=O) groups excluding carboxylic acids is 1. The third kappa shape index (κ3) is 5.06. The van der Waals surface area contributed by atoms with Crippen molar-refractivity contribution >= 4 is 11.9 Å². The molecule has 6 nitrogen and oxygen atoms in total. The summed E-state index contributed by atoms with van der Waals surface area (Å²) in [6, 6.07) is 8.71. The number of anilines is 1. The Balaban J connectivity index is 1.73. The molecule has 1 aromatic heterocycles. The number of carbonyl (C=O) groups is 1. The number of amides is 1. The predicted octanol–water partition coefficient (Wildman–Crippen LogP) is 2.58. The van der Waals surface area contributed by atoms with Gasteiger partial charge in [0.05, 0.1) is 13.2 Å². The van der Waals surface area contributed by atoms with Crippen LogP contribution in [0, 0.1) is 5.82 Å². The maximum absolute atomic E-state index is 13.3. The van der Waals surface area contributed by atoms with Crippen LogP contribution in [-0.2, 0) is 16.0 Å². The second kappa shape index (κ2) is 8.82. The summed E-state index contributed by atoms with van der Waals surface area (Å²) in [6.07, 6.45) is 3.21. The second-order valence-corrected chi connectivity index (χ2v) is 6.31. The minimum absolute atomic E-state index is 0.165. The van der Waals surface area contributed by atoms with Gasteiger partial charge in [0.2, 0.25) is 11.9 Å². The van der Waals surface area contributed by atoms with E-state index in [1.165, 1.54) is 19.1 Å². The number of aryl methyl sites for hydroxylation is 1. The zero-order chi connectivity index (χ0) is 18.4. The van der Waals surface area contributed by atoms with E-state index < -0.39 is 0 Å². The molecule has 1 amide bonds. The number of benzene rings is 1. The number of hydrogen-bond donors (Lipinski definition) is 1. The number of halogens is 1. The van der Waals surface area contributed by atoms with Crippen LogP contribution in [0.5, 0.6) is 0 Å². The Morgan fingerprint density at radius 1 is 1.27 bits per heavy atom. The van der Waals surface area contributed by atoms with E-state index in [2.05, 4.69) is 20.2 Å². The predicted molar refractivity (Wildman–Crippen MR) is 96.2 cm³/mol. The van der Waals surface area contributed by atoms with Crippen LogP contribution in [-0.4, -0.2) is 47.1 Å². The first-order chi connectivity index (χ1) is 12.6. The van der Waals surface area contributed by atoms with E-state index in [4.69, 9.17) is 4.74 Å². The van der Waals surface area contributed by atoms with E-state index >= 15 is 0 Å². The lowest BCUT2D eigenvalue weighted by Crippen LogP contribution is -2.39. The van der Waals surface area contributed by atoms with Gasteiger partial charge in [0, 0.05) is 37.9 Å². The van der Waals surface area contributed by atoms with Crippen molar-refractivity contribution in [3.05, 3.63) is 53.6 Å². The molecular formula is C19H23FN4O2. The Hall–Kier alpha value is -2.38. The van der Waals surface area contributed by atoms with Crippen molar-refractivity contribution in [3.63, 3.8) is 0 Å². The number of rotatable bonds is 6. The quantitative estimate of drug-likeness (QED) is 0.860. The zero-order valence-electron chi connectivity index (χ0n) is 14.8. The second-order valence-electron chi connectivity index (χ2n) is 6.31. The molecule has 3 rings (SSSR count). The summed E-state index contributed by atoms with van der Waals surface area (Å²) in [6.45, 7) is 4.54. The first kappa shape index (κ1) is 18.4. The molecule has 1 atom stereocenters. The summed E-state index contributed by atoms with van der Waals surface area (Å²) in [7, 11) is 0. The van der Waals surface area contributed by atoms with Gasteiger partial charge in [-0.15, -0.1) is 0 Å². The molecule has 1 fully saturated rings. The molecule has 7 heteroatoms. The topological polar surface area (TPSA) is 67.4 Å². The molecule has 2 aromatic rings. The van der Waals surface area contributed by atoms with Crippen LogP contribution < -0.4 is 5.32 Å². The molecule has 1 aliphatic heterocycles. The van der Waals surface area contributed by atoms with E-state index in [9.17, 15) is 9.18 Å². The molecule has 2 heterocycles. The Morgan fingerprint density at radius 3 is 2.69 bits per heavy atom. The molecule has 1 N–H and O–H groups in total. The lowest BCUT2D eigenvalue weighted by Gasteiger charge is -2.35. The molecule has 26 heavy (non-hydrogen) atoms. The minimum atomic E-state index is -0.231. The molecule has 138 valence electrons. The highest BCUT2D eigenvalue weighted by Gasteiger charge is 2.22. The van der Waals surface area contributed by atoms with E-state index in [0.717, 1.165) is 37.2 Å². The van der Waals surface area contributed by atoms with Crippen LogP contribution in [0.4, 0.5) is 10.3 Å². The molecule has 0 spiro atoms. The normalized spacial score (nSPS) is 16.2. The summed E-state index contributed by atoms with van der Waals surface area (Å²) in [4.78, 5) is 22.0. The van der Waals surface area contributed by atoms with Gasteiger partial charge in [0.25, 0.3) is 0 Å². The van der Waals surface area contributed by atoms with Crippen LogP contribution in [0.3, 0.4) is 0 Å². The fourth-order valence-corrected chi connectivity index (χ4v) is 3.17. The summed E-state index contributed by atoms with van der Waals surface area (Å²) in [5.41, 5.74) is 1.95. The fraction of sp³-hybridized carbons (Fsp3) is 0.421. The van der Waals surface area contributed by atoms with Crippen molar-refractivity contribution in [1.82, 2.24) is 14.9 Å². The monoisotopic (exact) mass is 358 g/mol. The van der Waals surface area contributed by atoms with Gasteiger partial charge in [0.1, 0.15) is 5.82 Å². The zero-order valence-corrected chi connectivity index (χ0v) is 14.8. The molecule has 1 unspecified atom stereocenters. The Kier molecular flexibility index (Phi) is 6.25. The van der Waals surface area contributed by atoms with E-state index in [1.807, 2.05) is 18.2 Å². The summed E-state index contributed by atoms with van der Waals surface area (Å²) < 4.78 is 18.8. The van der Waals surface area contributed by atoms with Gasteiger partial charge in [-0.05, 0) is 36.6 Å². The standard InChI is InChI=1S/C19H23FN4O2/c1-14(25)22-19-21-9-8-17(23-19)6-7-18(24-10-12-26-13-11-24)15-2-4-16(20)5-3-15/h2-5,8-9,18H,6-7,10-13H2,1H3,(H,21,22,23,25). The Morgan fingerprint density at radius 2 is 2.00 bits per heavy atom. The maximum Gasteiger partial charge on any atom is 0.229 e. The molecule has 0 saturated carbocycles. The van der Waals surface area contributed by atoms with E-state index in [1.54, 1.807) is 6.20 Å². The van der Waals surface area contributed by atoms with Crippen molar-refractivity contribution in [2.45, 2.75) is 25.8 Å². The van der Waals surface area contributed by atoms with Gasteiger partial charge in [-0.25, -0.2) is 14.4 Å². The van der Waals surface area contributed by atoms with Gasteiger partial charge in [-0.2, -0.15) is 0 Å². The third-order valence-corrected chi connectivity index (χ3v) is 4.42. The first-order valence-corrected chi connectivity index (χ1v) is 8.78. The van der Waals surface area contributed by atoms with Crippen molar-refractivity contribution in [1.29, 1.82) is 0 Å². The lowest BCUT2D eigenvalue weighted by molar-refractivity contribution is -0.114. The van der Waals surface area contributed by atoms with Crippen LogP contribution in [0.2, 0.25) is 0 Å². The van der Waals surface area contributed by atoms with Gasteiger partial charge >= 0.3 is 0 Å². The summed E-state index contributed by atoms with van der Waals surface area (Å²) in [5, 5.41) is 2.60. The number of nitrogens with one attached hydrogen (secondary N) is 1. The highest BCUT2D eigenvalue weighted by atomic mass is 19.1. The number of aromatic nitrogens is 2. The van der Waals surface area contributed by atoms with Crippen molar-refractivity contribution in [2.24, 2.45) is 0 Å². The summed E-state index contributed by atoms with van der Waals surface area (Å²) in [5.74, 6) is -0.107. The highest BCUT2D eigenvalue weighted by molar-refractivity contribution is 5.86. The average molecular weight is 358 g/mol. The smallest absolute Gasteiger partial charge is 0.229 e. The molecule has 1 aliphatic rings. The van der Waals surface area contributed by atoms with E-state index in [-0.39, 0.29) is 17.8 Å². The van der Waals surface area contributed by atoms with E-state index in [0.29, 0.717) is 19.2 Å². The minimum Gasteiger partial charge on any atom is -0.379 e. The van der Waals surface area contributed by atoms with Crippen LogP contribution in [0.15, 0.2) is 36.5 Å². The molecule has 1 aromatic carbocycles. The largest absolute Gasteiger partial charge is 0.379 e. The molecule has 0 bridgehead atoms. The Labute approximate surface area is 152 Å². The van der Waals surface area contributed by atoms with Gasteiger partial charge in [-0.1, -0.05) is 12.1 Å². The number of ether oxygens (including phenoxy) is 1. The average Bonchev–Trinajstić information content (AvgIpc) is 2.64. The highest BCUT2D eigenvalue weighted by Crippen LogP contribution is 2.27.